The molecular formula is C20H17NO. The van der Waals surface area contributed by atoms with Crippen molar-refractivity contribution >= 4 is 21.9 Å². The monoisotopic (exact) mass is 287 g/mol. The zero-order valence-corrected chi connectivity index (χ0v) is 12.8. The molecule has 2 heteroatoms. The Bertz CT molecular complexity index is 949. The summed E-state index contributed by atoms with van der Waals surface area (Å²) in [6.45, 7) is 4.24. The van der Waals surface area contributed by atoms with Crippen LogP contribution in [0.25, 0.3) is 33.2 Å². The number of hydrogen-bond donors (Lipinski definition) is 0. The first-order valence-corrected chi connectivity index (χ1v) is 7.64. The quantitative estimate of drug-likeness (QED) is 0.485. The van der Waals surface area contributed by atoms with Crippen molar-refractivity contribution in [1.29, 1.82) is 0 Å². The van der Waals surface area contributed by atoms with Gasteiger partial charge in [-0.15, -0.1) is 0 Å². The van der Waals surface area contributed by atoms with Gasteiger partial charge in [0.2, 0.25) is 0 Å². The van der Waals surface area contributed by atoms with E-state index in [1.807, 2.05) is 18.2 Å². The Kier molecular flexibility index (Phi) is 2.97. The number of pyridine rings is 1. The summed E-state index contributed by atoms with van der Waals surface area (Å²) in [5.41, 5.74) is 5.47. The second-order valence-corrected chi connectivity index (χ2v) is 5.64. The molecule has 0 saturated heterocycles. The highest BCUT2D eigenvalue weighted by Gasteiger charge is 2.08. The molecule has 0 aliphatic carbocycles. The van der Waals surface area contributed by atoms with Gasteiger partial charge in [-0.1, -0.05) is 25.1 Å². The van der Waals surface area contributed by atoms with Gasteiger partial charge in [0.25, 0.3) is 0 Å². The van der Waals surface area contributed by atoms with Crippen LogP contribution in [0.3, 0.4) is 0 Å². The van der Waals surface area contributed by atoms with Crippen molar-refractivity contribution in [2.45, 2.75) is 20.3 Å². The van der Waals surface area contributed by atoms with Gasteiger partial charge in [0, 0.05) is 22.0 Å². The van der Waals surface area contributed by atoms with Crippen LogP contribution in [0.1, 0.15) is 18.2 Å². The molecule has 2 nitrogen and oxygen atoms in total. The topological polar surface area (TPSA) is 26.0 Å². The maximum Gasteiger partial charge on any atom is 0.135 e. The predicted molar refractivity (Wildman–Crippen MR) is 91.1 cm³/mol. The van der Waals surface area contributed by atoms with Crippen LogP contribution in [0.2, 0.25) is 0 Å². The van der Waals surface area contributed by atoms with E-state index in [0.717, 1.165) is 39.9 Å². The number of benzene rings is 2. The largest absolute Gasteiger partial charge is 0.456 e. The number of para-hydroxylation sites is 1. The third-order valence-corrected chi connectivity index (χ3v) is 4.20. The molecule has 22 heavy (non-hydrogen) atoms. The van der Waals surface area contributed by atoms with Crippen LogP contribution in [0.15, 0.2) is 59.0 Å². The van der Waals surface area contributed by atoms with E-state index in [0.29, 0.717) is 0 Å². The Labute approximate surface area is 129 Å². The number of hydrogen-bond acceptors (Lipinski definition) is 2. The molecule has 0 saturated carbocycles. The minimum Gasteiger partial charge on any atom is -0.456 e. The maximum absolute atomic E-state index is 5.96. The Morgan fingerprint density at radius 3 is 2.64 bits per heavy atom. The Morgan fingerprint density at radius 2 is 1.82 bits per heavy atom. The first kappa shape index (κ1) is 13.1. The molecular weight excluding hydrogens is 270 g/mol. The van der Waals surface area contributed by atoms with E-state index in [2.05, 4.69) is 50.2 Å². The molecule has 2 aromatic heterocycles. The second-order valence-electron chi connectivity index (χ2n) is 5.64. The number of aromatic nitrogens is 1. The third kappa shape index (κ3) is 2.08. The number of nitrogens with zero attached hydrogens (tertiary/aromatic N) is 1. The van der Waals surface area contributed by atoms with E-state index in [4.69, 9.17) is 9.40 Å². The highest BCUT2D eigenvalue weighted by atomic mass is 16.3. The molecule has 0 amide bonds. The molecule has 0 bridgehead atoms. The summed E-state index contributed by atoms with van der Waals surface area (Å²) >= 11 is 0. The normalized spacial score (nSPS) is 11.4. The van der Waals surface area contributed by atoms with Crippen LogP contribution in [0.5, 0.6) is 0 Å². The van der Waals surface area contributed by atoms with Crippen molar-refractivity contribution in [3.63, 3.8) is 0 Å². The lowest BCUT2D eigenvalue weighted by Crippen LogP contribution is -1.92. The van der Waals surface area contributed by atoms with Crippen LogP contribution < -0.4 is 0 Å². The van der Waals surface area contributed by atoms with E-state index in [1.54, 1.807) is 0 Å². The lowest BCUT2D eigenvalue weighted by atomic mass is 10.0. The average molecular weight is 287 g/mol. The summed E-state index contributed by atoms with van der Waals surface area (Å²) in [6, 6.07) is 18.8. The van der Waals surface area contributed by atoms with Crippen LogP contribution >= 0.6 is 0 Å². The van der Waals surface area contributed by atoms with Crippen LogP contribution in [-0.4, -0.2) is 4.98 Å². The molecule has 0 aliphatic rings. The number of rotatable bonds is 2. The first-order valence-electron chi connectivity index (χ1n) is 7.64. The highest BCUT2D eigenvalue weighted by molar-refractivity contribution is 5.87. The molecule has 4 rings (SSSR count). The molecule has 0 atom stereocenters. The average Bonchev–Trinajstić information content (AvgIpc) is 2.98. The molecule has 108 valence electrons. The van der Waals surface area contributed by atoms with Crippen molar-refractivity contribution in [1.82, 2.24) is 4.98 Å². The van der Waals surface area contributed by atoms with E-state index >= 15 is 0 Å². The molecule has 2 aromatic carbocycles. The van der Waals surface area contributed by atoms with E-state index in [1.165, 1.54) is 10.9 Å². The lowest BCUT2D eigenvalue weighted by Gasteiger charge is -2.06. The number of aryl methyl sites for hydroxylation is 2. The SMILES string of the molecule is CCc1cc2cc(-c3cc4ccccc4o3)ccc2nc1C. The molecule has 0 radical (unpaired) electrons. The number of fused-ring (bicyclic) bond motifs is 2. The van der Waals surface area contributed by atoms with Crippen molar-refractivity contribution in [3.8, 4) is 11.3 Å². The van der Waals surface area contributed by atoms with E-state index in [-0.39, 0.29) is 0 Å². The Balaban J connectivity index is 1.89. The van der Waals surface area contributed by atoms with E-state index < -0.39 is 0 Å². The fourth-order valence-corrected chi connectivity index (χ4v) is 2.95. The van der Waals surface area contributed by atoms with Gasteiger partial charge in [0.1, 0.15) is 11.3 Å². The second kappa shape index (κ2) is 4.99. The molecule has 4 aromatic rings. The fourth-order valence-electron chi connectivity index (χ4n) is 2.95. The summed E-state index contributed by atoms with van der Waals surface area (Å²) in [5.74, 6) is 0.904. The third-order valence-electron chi connectivity index (χ3n) is 4.20. The molecule has 0 aliphatic heterocycles. The highest BCUT2D eigenvalue weighted by Crippen LogP contribution is 2.30. The van der Waals surface area contributed by atoms with Gasteiger partial charge in [0.05, 0.1) is 5.52 Å². The van der Waals surface area contributed by atoms with Crippen molar-refractivity contribution < 1.29 is 4.42 Å². The van der Waals surface area contributed by atoms with E-state index in [9.17, 15) is 0 Å². The standard InChI is InChI=1S/C20H17NO/c1-3-14-10-17-11-16(8-9-18(17)21-13(14)2)20-12-15-6-4-5-7-19(15)22-20/h4-12H,3H2,1-2H3. The minimum absolute atomic E-state index is 0.904. The molecule has 0 unspecified atom stereocenters. The number of furan rings is 1. The van der Waals surface area contributed by atoms with Crippen molar-refractivity contribution in [3.05, 3.63) is 65.9 Å². The van der Waals surface area contributed by atoms with Crippen LogP contribution in [-0.2, 0) is 6.42 Å². The maximum atomic E-state index is 5.96. The van der Waals surface area contributed by atoms with Gasteiger partial charge in [-0.2, -0.15) is 0 Å². The van der Waals surface area contributed by atoms with Crippen molar-refractivity contribution in [2.75, 3.05) is 0 Å². The molecule has 2 heterocycles. The Hall–Kier alpha value is -2.61. The fraction of sp³-hybridized carbons (Fsp3) is 0.150. The molecule has 0 N–H and O–H groups in total. The molecule has 0 spiro atoms. The lowest BCUT2D eigenvalue weighted by molar-refractivity contribution is 0.631. The smallest absolute Gasteiger partial charge is 0.135 e. The zero-order chi connectivity index (χ0) is 15.1. The summed E-state index contributed by atoms with van der Waals surface area (Å²) in [6.07, 6.45) is 1.00. The zero-order valence-electron chi connectivity index (χ0n) is 12.8. The van der Waals surface area contributed by atoms with Crippen molar-refractivity contribution in [2.24, 2.45) is 0 Å². The summed E-state index contributed by atoms with van der Waals surface area (Å²) in [5, 5.41) is 2.30. The predicted octanol–water partition coefficient (Wildman–Crippen LogP) is 5.52. The van der Waals surface area contributed by atoms with Gasteiger partial charge >= 0.3 is 0 Å². The Morgan fingerprint density at radius 1 is 0.955 bits per heavy atom. The summed E-state index contributed by atoms with van der Waals surface area (Å²) in [7, 11) is 0. The van der Waals surface area contributed by atoms with Gasteiger partial charge in [-0.3, -0.25) is 4.98 Å². The molecule has 0 fully saturated rings. The van der Waals surface area contributed by atoms with Gasteiger partial charge in [0.15, 0.2) is 0 Å². The summed E-state index contributed by atoms with van der Waals surface area (Å²) in [4.78, 5) is 4.69. The summed E-state index contributed by atoms with van der Waals surface area (Å²) < 4.78 is 5.96. The first-order chi connectivity index (χ1) is 10.7. The van der Waals surface area contributed by atoms with Gasteiger partial charge in [-0.25, -0.2) is 0 Å². The van der Waals surface area contributed by atoms with Crippen LogP contribution in [0.4, 0.5) is 0 Å². The minimum atomic E-state index is 0.904. The van der Waals surface area contributed by atoms with Gasteiger partial charge < -0.3 is 4.42 Å². The van der Waals surface area contributed by atoms with Crippen LogP contribution in [0, 0.1) is 6.92 Å². The van der Waals surface area contributed by atoms with Gasteiger partial charge in [-0.05, 0) is 55.3 Å².